The zero-order valence-electron chi connectivity index (χ0n) is 14.0. The van der Waals surface area contributed by atoms with E-state index in [1.807, 2.05) is 54.6 Å². The summed E-state index contributed by atoms with van der Waals surface area (Å²) in [4.78, 5) is 0. The fourth-order valence-electron chi connectivity index (χ4n) is 2.46. The van der Waals surface area contributed by atoms with Gasteiger partial charge in [-0.15, -0.1) is 0 Å². The molecule has 3 rings (SSSR count). The van der Waals surface area contributed by atoms with Crippen molar-refractivity contribution in [2.45, 2.75) is 19.7 Å². The van der Waals surface area contributed by atoms with E-state index in [1.165, 1.54) is 0 Å². The Morgan fingerprint density at radius 2 is 1.88 bits per heavy atom. The summed E-state index contributed by atoms with van der Waals surface area (Å²) in [5.74, 6) is 2.30. The van der Waals surface area contributed by atoms with Crippen molar-refractivity contribution in [3.05, 3.63) is 82.8 Å². The second-order valence-corrected chi connectivity index (χ2v) is 5.96. The van der Waals surface area contributed by atoms with E-state index in [0.717, 1.165) is 16.9 Å². The number of ether oxygens (including phenoxy) is 2. The quantitative estimate of drug-likeness (QED) is 0.628. The van der Waals surface area contributed by atoms with Gasteiger partial charge in [0.25, 0.3) is 0 Å². The van der Waals surface area contributed by atoms with E-state index in [1.54, 1.807) is 13.4 Å². The predicted molar refractivity (Wildman–Crippen MR) is 98.0 cm³/mol. The van der Waals surface area contributed by atoms with Crippen molar-refractivity contribution in [1.82, 2.24) is 5.32 Å². The van der Waals surface area contributed by atoms with Gasteiger partial charge in [0.15, 0.2) is 11.5 Å². The molecule has 0 radical (unpaired) electrons. The number of rotatable bonds is 8. The van der Waals surface area contributed by atoms with Crippen LogP contribution in [0, 0.1) is 0 Å². The Hall–Kier alpha value is -2.43. The Balaban J connectivity index is 1.60. The summed E-state index contributed by atoms with van der Waals surface area (Å²) in [7, 11) is 1.64. The summed E-state index contributed by atoms with van der Waals surface area (Å²) in [5.41, 5.74) is 2.05. The molecule has 0 saturated carbocycles. The van der Waals surface area contributed by atoms with Crippen molar-refractivity contribution in [2.24, 2.45) is 0 Å². The van der Waals surface area contributed by atoms with Gasteiger partial charge in [-0.05, 0) is 35.9 Å². The first-order chi connectivity index (χ1) is 12.3. The van der Waals surface area contributed by atoms with Crippen LogP contribution in [-0.4, -0.2) is 7.11 Å². The van der Waals surface area contributed by atoms with E-state index in [0.29, 0.717) is 36.2 Å². The minimum absolute atomic E-state index is 0.395. The van der Waals surface area contributed by atoms with Gasteiger partial charge in [0.1, 0.15) is 12.4 Å². The minimum Gasteiger partial charge on any atom is -0.493 e. The fourth-order valence-corrected chi connectivity index (χ4v) is 2.65. The van der Waals surface area contributed by atoms with Crippen LogP contribution >= 0.6 is 11.6 Å². The first-order valence-corrected chi connectivity index (χ1v) is 8.40. The number of hydrogen-bond donors (Lipinski definition) is 1. The normalized spacial score (nSPS) is 10.6. The number of furan rings is 1. The third-order valence-corrected chi connectivity index (χ3v) is 4.15. The van der Waals surface area contributed by atoms with Gasteiger partial charge in [-0.25, -0.2) is 0 Å². The van der Waals surface area contributed by atoms with Gasteiger partial charge >= 0.3 is 0 Å². The van der Waals surface area contributed by atoms with Crippen LogP contribution in [0.1, 0.15) is 16.9 Å². The van der Waals surface area contributed by atoms with E-state index in [9.17, 15) is 0 Å². The number of benzene rings is 2. The van der Waals surface area contributed by atoms with Crippen LogP contribution in [0.4, 0.5) is 0 Å². The standard InChI is InChI=1S/C20H20ClNO3/c1-23-20-11-15(12-22-13-17-6-4-10-24-17)8-9-19(20)25-14-16-5-2-3-7-18(16)21/h2-11,22H,12-14H2,1H3. The highest BCUT2D eigenvalue weighted by Crippen LogP contribution is 2.29. The Bertz CT molecular complexity index is 802. The monoisotopic (exact) mass is 357 g/mol. The topological polar surface area (TPSA) is 43.6 Å². The molecule has 0 aliphatic heterocycles. The van der Waals surface area contributed by atoms with Crippen LogP contribution in [0.5, 0.6) is 11.5 Å². The molecular formula is C20H20ClNO3. The van der Waals surface area contributed by atoms with Crippen molar-refractivity contribution < 1.29 is 13.9 Å². The molecule has 0 fully saturated rings. The molecular weight excluding hydrogens is 338 g/mol. The maximum Gasteiger partial charge on any atom is 0.161 e. The van der Waals surface area contributed by atoms with Crippen LogP contribution in [-0.2, 0) is 19.7 Å². The van der Waals surface area contributed by atoms with Gasteiger partial charge in [0, 0.05) is 17.1 Å². The molecule has 0 atom stereocenters. The van der Waals surface area contributed by atoms with Crippen molar-refractivity contribution in [3.63, 3.8) is 0 Å². The molecule has 0 aliphatic carbocycles. The third-order valence-electron chi connectivity index (χ3n) is 3.78. The Morgan fingerprint density at radius 1 is 1.00 bits per heavy atom. The fraction of sp³-hybridized carbons (Fsp3) is 0.200. The highest BCUT2D eigenvalue weighted by Gasteiger charge is 2.08. The van der Waals surface area contributed by atoms with Crippen LogP contribution in [0.25, 0.3) is 0 Å². The molecule has 0 spiro atoms. The molecule has 0 amide bonds. The Labute approximate surface area is 152 Å². The molecule has 0 unspecified atom stereocenters. The molecule has 3 aromatic rings. The van der Waals surface area contributed by atoms with Crippen molar-refractivity contribution in [2.75, 3.05) is 7.11 Å². The van der Waals surface area contributed by atoms with E-state index in [2.05, 4.69) is 5.32 Å². The van der Waals surface area contributed by atoms with Gasteiger partial charge in [-0.2, -0.15) is 0 Å². The second-order valence-electron chi connectivity index (χ2n) is 5.55. The number of nitrogens with one attached hydrogen (secondary N) is 1. The molecule has 1 N–H and O–H groups in total. The van der Waals surface area contributed by atoms with Gasteiger partial charge in [-0.1, -0.05) is 35.9 Å². The minimum atomic E-state index is 0.395. The molecule has 25 heavy (non-hydrogen) atoms. The van der Waals surface area contributed by atoms with Gasteiger partial charge in [0.2, 0.25) is 0 Å². The molecule has 2 aromatic carbocycles. The summed E-state index contributed by atoms with van der Waals surface area (Å²) in [6.07, 6.45) is 1.67. The number of hydrogen-bond acceptors (Lipinski definition) is 4. The molecule has 0 aliphatic rings. The molecule has 0 saturated heterocycles. The lowest BCUT2D eigenvalue weighted by Crippen LogP contribution is -2.12. The summed E-state index contributed by atoms with van der Waals surface area (Å²) >= 11 is 6.16. The van der Waals surface area contributed by atoms with Crippen LogP contribution < -0.4 is 14.8 Å². The lowest BCUT2D eigenvalue weighted by molar-refractivity contribution is 0.284. The molecule has 4 nitrogen and oxygen atoms in total. The second kappa shape index (κ2) is 8.60. The SMILES string of the molecule is COc1cc(CNCc2ccco2)ccc1OCc1ccccc1Cl. The predicted octanol–water partition coefficient (Wildman–Crippen LogP) is 4.81. The van der Waals surface area contributed by atoms with Gasteiger partial charge < -0.3 is 19.2 Å². The highest BCUT2D eigenvalue weighted by molar-refractivity contribution is 6.31. The first-order valence-electron chi connectivity index (χ1n) is 8.02. The molecule has 1 aromatic heterocycles. The zero-order chi connectivity index (χ0) is 17.5. The molecule has 5 heteroatoms. The first kappa shape index (κ1) is 17.4. The van der Waals surface area contributed by atoms with Crippen molar-refractivity contribution in [3.8, 4) is 11.5 Å². The largest absolute Gasteiger partial charge is 0.493 e. The Kier molecular flexibility index (Phi) is 5.99. The van der Waals surface area contributed by atoms with Crippen LogP contribution in [0.3, 0.4) is 0 Å². The van der Waals surface area contributed by atoms with E-state index >= 15 is 0 Å². The summed E-state index contributed by atoms with van der Waals surface area (Å²) in [6, 6.07) is 17.4. The number of methoxy groups -OCH3 is 1. The average Bonchev–Trinajstić information content (AvgIpc) is 3.15. The summed E-state index contributed by atoms with van der Waals surface area (Å²) < 4.78 is 16.6. The van der Waals surface area contributed by atoms with Gasteiger partial charge in [0.05, 0.1) is 19.9 Å². The zero-order valence-corrected chi connectivity index (χ0v) is 14.8. The molecule has 130 valence electrons. The maximum absolute atomic E-state index is 6.16. The maximum atomic E-state index is 6.16. The number of halogens is 1. The van der Waals surface area contributed by atoms with Crippen LogP contribution in [0.2, 0.25) is 5.02 Å². The highest BCUT2D eigenvalue weighted by atomic mass is 35.5. The van der Waals surface area contributed by atoms with Crippen molar-refractivity contribution >= 4 is 11.6 Å². The van der Waals surface area contributed by atoms with E-state index in [-0.39, 0.29) is 0 Å². The molecule has 1 heterocycles. The lowest BCUT2D eigenvalue weighted by atomic mass is 10.2. The third kappa shape index (κ3) is 4.78. The van der Waals surface area contributed by atoms with Crippen LogP contribution in [0.15, 0.2) is 65.3 Å². The van der Waals surface area contributed by atoms with E-state index < -0.39 is 0 Å². The van der Waals surface area contributed by atoms with Gasteiger partial charge in [-0.3, -0.25) is 0 Å². The summed E-state index contributed by atoms with van der Waals surface area (Å²) in [6.45, 7) is 1.79. The average molecular weight is 358 g/mol. The van der Waals surface area contributed by atoms with E-state index in [4.69, 9.17) is 25.5 Å². The summed E-state index contributed by atoms with van der Waals surface area (Å²) in [5, 5.41) is 4.03. The Morgan fingerprint density at radius 3 is 2.64 bits per heavy atom. The lowest BCUT2D eigenvalue weighted by Gasteiger charge is -2.13. The molecule has 0 bridgehead atoms. The van der Waals surface area contributed by atoms with Crippen molar-refractivity contribution in [1.29, 1.82) is 0 Å². The smallest absolute Gasteiger partial charge is 0.161 e.